The molecule has 0 saturated heterocycles. The molecule has 0 aromatic carbocycles. The summed E-state index contributed by atoms with van der Waals surface area (Å²) in [5.74, 6) is -0.943. The third-order valence-electron chi connectivity index (χ3n) is 1.47. The first-order chi connectivity index (χ1) is 4.63. The van der Waals surface area contributed by atoms with E-state index in [9.17, 15) is 4.79 Å². The van der Waals surface area contributed by atoms with E-state index in [4.69, 9.17) is 9.84 Å². The summed E-state index contributed by atoms with van der Waals surface area (Å²) in [5.41, 5.74) is 0. The van der Waals surface area contributed by atoms with Crippen molar-refractivity contribution in [2.75, 3.05) is 7.11 Å². The lowest BCUT2D eigenvalue weighted by molar-refractivity contribution is -0.151. The molecule has 0 spiro atoms. The van der Waals surface area contributed by atoms with Crippen LogP contribution in [-0.2, 0) is 9.53 Å². The Morgan fingerprint density at radius 3 is 2.40 bits per heavy atom. The second kappa shape index (κ2) is 4.28. The molecular weight excluding hydrogens is 132 g/mol. The SMILES string of the molecule is [CH2]CC(C)C(OC)C(=O)O. The van der Waals surface area contributed by atoms with E-state index in [1.165, 1.54) is 7.11 Å². The molecule has 2 atom stereocenters. The second-order valence-electron chi connectivity index (χ2n) is 2.26. The molecule has 0 saturated carbocycles. The van der Waals surface area contributed by atoms with Gasteiger partial charge in [0.1, 0.15) is 0 Å². The normalized spacial score (nSPS) is 16.3. The van der Waals surface area contributed by atoms with Gasteiger partial charge in [0.05, 0.1) is 0 Å². The predicted molar refractivity (Wildman–Crippen MR) is 37.6 cm³/mol. The molecule has 0 aliphatic rings. The van der Waals surface area contributed by atoms with E-state index in [-0.39, 0.29) is 5.92 Å². The zero-order valence-electron chi connectivity index (χ0n) is 6.33. The number of aliphatic carboxylic acids is 1. The number of hydrogen-bond donors (Lipinski definition) is 1. The Morgan fingerprint density at radius 2 is 2.30 bits per heavy atom. The van der Waals surface area contributed by atoms with E-state index >= 15 is 0 Å². The van der Waals surface area contributed by atoms with Crippen LogP contribution in [0, 0.1) is 12.8 Å². The Balaban J connectivity index is 3.92. The van der Waals surface area contributed by atoms with Gasteiger partial charge in [0.2, 0.25) is 0 Å². The second-order valence-corrected chi connectivity index (χ2v) is 2.26. The molecule has 0 rings (SSSR count). The fourth-order valence-corrected chi connectivity index (χ4v) is 0.728. The maximum absolute atomic E-state index is 10.4. The molecule has 0 aliphatic heterocycles. The average Bonchev–Trinajstić information content (AvgIpc) is 1.88. The van der Waals surface area contributed by atoms with Crippen molar-refractivity contribution in [1.82, 2.24) is 0 Å². The first kappa shape index (κ1) is 9.43. The fraction of sp³-hybridized carbons (Fsp3) is 0.714. The lowest BCUT2D eigenvalue weighted by Crippen LogP contribution is -2.29. The van der Waals surface area contributed by atoms with Crippen LogP contribution in [0.1, 0.15) is 13.3 Å². The molecule has 3 heteroatoms. The molecule has 1 radical (unpaired) electrons. The molecule has 59 valence electrons. The van der Waals surface area contributed by atoms with Gasteiger partial charge in [0, 0.05) is 7.11 Å². The number of ether oxygens (including phenoxy) is 1. The van der Waals surface area contributed by atoms with Crippen molar-refractivity contribution in [2.45, 2.75) is 19.4 Å². The summed E-state index contributed by atoms with van der Waals surface area (Å²) in [5, 5.41) is 8.52. The van der Waals surface area contributed by atoms with Crippen molar-refractivity contribution in [3.63, 3.8) is 0 Å². The zero-order valence-corrected chi connectivity index (χ0v) is 6.33. The molecule has 0 bridgehead atoms. The summed E-state index contributed by atoms with van der Waals surface area (Å²) in [6.45, 7) is 5.39. The molecule has 0 aromatic heterocycles. The van der Waals surface area contributed by atoms with Crippen LogP contribution in [0.5, 0.6) is 0 Å². The van der Waals surface area contributed by atoms with Crippen LogP contribution >= 0.6 is 0 Å². The Labute approximate surface area is 61.0 Å². The molecule has 0 amide bonds. The minimum absolute atomic E-state index is 0.0255. The average molecular weight is 145 g/mol. The lowest BCUT2D eigenvalue weighted by atomic mass is 10.0. The Bertz CT molecular complexity index is 111. The summed E-state index contributed by atoms with van der Waals surface area (Å²) in [6, 6.07) is 0. The van der Waals surface area contributed by atoms with Gasteiger partial charge < -0.3 is 9.84 Å². The predicted octanol–water partition coefficient (Wildman–Crippen LogP) is 0.946. The maximum atomic E-state index is 10.4. The largest absolute Gasteiger partial charge is 0.479 e. The number of hydrogen-bond acceptors (Lipinski definition) is 2. The Morgan fingerprint density at radius 1 is 1.80 bits per heavy atom. The molecule has 2 unspecified atom stereocenters. The molecule has 0 heterocycles. The highest BCUT2D eigenvalue weighted by Gasteiger charge is 2.22. The summed E-state index contributed by atoms with van der Waals surface area (Å²) in [6.07, 6.45) is -0.136. The fourth-order valence-electron chi connectivity index (χ4n) is 0.728. The molecule has 3 nitrogen and oxygen atoms in total. The third-order valence-corrected chi connectivity index (χ3v) is 1.47. The van der Waals surface area contributed by atoms with Gasteiger partial charge in [-0.2, -0.15) is 0 Å². The number of carboxylic acid groups (broad SMARTS) is 1. The zero-order chi connectivity index (χ0) is 8.15. The van der Waals surface area contributed by atoms with E-state index in [1.807, 2.05) is 0 Å². The van der Waals surface area contributed by atoms with Crippen molar-refractivity contribution in [3.05, 3.63) is 6.92 Å². The van der Waals surface area contributed by atoms with Gasteiger partial charge in [-0.25, -0.2) is 4.79 Å². The third kappa shape index (κ3) is 2.35. The number of carboxylic acids is 1. The van der Waals surface area contributed by atoms with Crippen LogP contribution in [-0.4, -0.2) is 24.3 Å². The summed E-state index contributed by atoms with van der Waals surface area (Å²) in [7, 11) is 1.39. The molecule has 10 heavy (non-hydrogen) atoms. The van der Waals surface area contributed by atoms with Crippen LogP contribution in [0.3, 0.4) is 0 Å². The topological polar surface area (TPSA) is 46.5 Å². The highest BCUT2D eigenvalue weighted by Crippen LogP contribution is 2.09. The Hall–Kier alpha value is -0.570. The molecule has 0 aromatic rings. The van der Waals surface area contributed by atoms with Crippen LogP contribution < -0.4 is 0 Å². The first-order valence-electron chi connectivity index (χ1n) is 3.18. The van der Waals surface area contributed by atoms with Crippen LogP contribution in [0.25, 0.3) is 0 Å². The first-order valence-corrected chi connectivity index (χ1v) is 3.18. The van der Waals surface area contributed by atoms with Crippen molar-refractivity contribution < 1.29 is 14.6 Å². The molecule has 0 fully saturated rings. The minimum atomic E-state index is -0.918. The molecule has 0 aliphatic carbocycles. The van der Waals surface area contributed by atoms with E-state index in [0.717, 1.165) is 0 Å². The van der Waals surface area contributed by atoms with E-state index in [2.05, 4.69) is 6.92 Å². The van der Waals surface area contributed by atoms with Gasteiger partial charge in [-0.3, -0.25) is 0 Å². The Kier molecular flexibility index (Phi) is 4.03. The van der Waals surface area contributed by atoms with Crippen molar-refractivity contribution in [3.8, 4) is 0 Å². The monoisotopic (exact) mass is 145 g/mol. The van der Waals surface area contributed by atoms with Gasteiger partial charge in [0.15, 0.2) is 6.10 Å². The van der Waals surface area contributed by atoms with Crippen LogP contribution in [0.15, 0.2) is 0 Å². The van der Waals surface area contributed by atoms with Gasteiger partial charge >= 0.3 is 5.97 Å². The number of carbonyl (C=O) groups is 1. The van der Waals surface area contributed by atoms with Crippen LogP contribution in [0.2, 0.25) is 0 Å². The van der Waals surface area contributed by atoms with Gasteiger partial charge in [0.25, 0.3) is 0 Å². The number of rotatable bonds is 4. The quantitative estimate of drug-likeness (QED) is 0.640. The van der Waals surface area contributed by atoms with Gasteiger partial charge in [-0.1, -0.05) is 13.8 Å². The highest BCUT2D eigenvalue weighted by molar-refractivity contribution is 5.72. The number of methoxy groups -OCH3 is 1. The lowest BCUT2D eigenvalue weighted by Gasteiger charge is -2.15. The van der Waals surface area contributed by atoms with Crippen molar-refractivity contribution in [1.29, 1.82) is 0 Å². The van der Waals surface area contributed by atoms with Crippen LogP contribution in [0.4, 0.5) is 0 Å². The van der Waals surface area contributed by atoms with E-state index in [1.54, 1.807) is 6.92 Å². The van der Waals surface area contributed by atoms with E-state index in [0.29, 0.717) is 6.42 Å². The van der Waals surface area contributed by atoms with E-state index < -0.39 is 12.1 Å². The summed E-state index contributed by atoms with van der Waals surface area (Å²) >= 11 is 0. The van der Waals surface area contributed by atoms with Gasteiger partial charge in [-0.05, 0) is 12.3 Å². The van der Waals surface area contributed by atoms with Crippen molar-refractivity contribution in [2.24, 2.45) is 5.92 Å². The van der Waals surface area contributed by atoms with Gasteiger partial charge in [-0.15, -0.1) is 0 Å². The smallest absolute Gasteiger partial charge is 0.333 e. The van der Waals surface area contributed by atoms with Crippen molar-refractivity contribution >= 4 is 5.97 Å². The standard InChI is InChI=1S/C7H13O3/c1-4-5(2)6(10-3)7(8)9/h5-6H,1,4H2,2-3H3,(H,8,9). The molecule has 1 N–H and O–H groups in total. The highest BCUT2D eigenvalue weighted by atomic mass is 16.5. The molecular formula is C7H13O3. The summed E-state index contributed by atoms with van der Waals surface area (Å²) in [4.78, 5) is 10.4. The summed E-state index contributed by atoms with van der Waals surface area (Å²) < 4.78 is 4.72. The maximum Gasteiger partial charge on any atom is 0.333 e. The minimum Gasteiger partial charge on any atom is -0.479 e.